The molecule has 0 aromatic carbocycles. The number of guanidine groups is 1. The number of amides is 1. The third kappa shape index (κ3) is 7.81. The van der Waals surface area contributed by atoms with E-state index in [4.69, 9.17) is 9.26 Å². The molecule has 0 spiro atoms. The van der Waals surface area contributed by atoms with Crippen LogP contribution in [0.2, 0.25) is 0 Å². The van der Waals surface area contributed by atoms with E-state index in [9.17, 15) is 4.79 Å². The molecule has 1 saturated carbocycles. The maximum Gasteiger partial charge on any atom is 0.410 e. The molecular formula is C23H40IN5O3. The topological polar surface area (TPSA) is 83.2 Å². The smallest absolute Gasteiger partial charge is 0.410 e. The number of hydrogen-bond donors (Lipinski definition) is 1. The van der Waals surface area contributed by atoms with Gasteiger partial charge < -0.3 is 24.4 Å². The van der Waals surface area contributed by atoms with Crippen LogP contribution >= 0.6 is 24.0 Å². The van der Waals surface area contributed by atoms with Gasteiger partial charge in [0.2, 0.25) is 0 Å². The molecule has 9 heteroatoms. The van der Waals surface area contributed by atoms with Crippen LogP contribution in [0.4, 0.5) is 4.79 Å². The summed E-state index contributed by atoms with van der Waals surface area (Å²) in [5.74, 6) is 2.64. The number of piperidine rings is 1. The van der Waals surface area contributed by atoms with Crippen molar-refractivity contribution >= 4 is 36.0 Å². The quantitative estimate of drug-likeness (QED) is 0.311. The lowest BCUT2D eigenvalue weighted by Gasteiger charge is -2.40. The number of hydrogen-bond acceptors (Lipinski definition) is 5. The van der Waals surface area contributed by atoms with E-state index in [1.807, 2.05) is 31.7 Å². The van der Waals surface area contributed by atoms with Crippen LogP contribution < -0.4 is 5.32 Å². The Labute approximate surface area is 209 Å². The van der Waals surface area contributed by atoms with Crippen LogP contribution in [-0.4, -0.2) is 65.3 Å². The molecule has 0 atom stereocenters. The van der Waals surface area contributed by atoms with Crippen molar-refractivity contribution in [3.63, 3.8) is 0 Å². The number of aromatic nitrogens is 1. The molecule has 1 amide bonds. The van der Waals surface area contributed by atoms with E-state index in [1.54, 1.807) is 7.05 Å². The molecule has 0 unspecified atom stereocenters. The highest BCUT2D eigenvalue weighted by atomic mass is 127. The first-order chi connectivity index (χ1) is 14.7. The second-order valence-electron chi connectivity index (χ2n) is 10.1. The maximum absolute atomic E-state index is 12.8. The van der Waals surface area contributed by atoms with E-state index in [-0.39, 0.29) is 36.1 Å². The lowest BCUT2D eigenvalue weighted by Crippen LogP contribution is -2.52. The van der Waals surface area contributed by atoms with Crippen LogP contribution in [0, 0.1) is 5.92 Å². The Kier molecular flexibility index (Phi) is 9.66. The van der Waals surface area contributed by atoms with E-state index in [1.165, 1.54) is 12.8 Å². The van der Waals surface area contributed by atoms with Gasteiger partial charge in [0.05, 0.1) is 12.2 Å². The minimum atomic E-state index is -0.471. The predicted molar refractivity (Wildman–Crippen MR) is 136 cm³/mol. The first-order valence-electron chi connectivity index (χ1n) is 11.6. The van der Waals surface area contributed by atoms with Crippen molar-refractivity contribution in [2.45, 2.75) is 84.4 Å². The van der Waals surface area contributed by atoms with E-state index in [0.717, 1.165) is 49.9 Å². The number of carbonyl (C=O) groups is 1. The molecule has 1 aromatic rings. The van der Waals surface area contributed by atoms with Gasteiger partial charge in [0, 0.05) is 38.8 Å². The van der Waals surface area contributed by atoms with Crippen LogP contribution in [0.5, 0.6) is 0 Å². The second kappa shape index (κ2) is 11.6. The summed E-state index contributed by atoms with van der Waals surface area (Å²) in [6.07, 6.45) is 4.08. The van der Waals surface area contributed by atoms with Gasteiger partial charge >= 0.3 is 6.09 Å². The minimum absolute atomic E-state index is 0. The fourth-order valence-electron chi connectivity index (χ4n) is 3.84. The van der Waals surface area contributed by atoms with Crippen LogP contribution in [0.15, 0.2) is 15.6 Å². The summed E-state index contributed by atoms with van der Waals surface area (Å²) in [7, 11) is 1.80. The zero-order valence-corrected chi connectivity index (χ0v) is 22.7. The van der Waals surface area contributed by atoms with Gasteiger partial charge in [0.1, 0.15) is 5.60 Å². The average molecular weight is 562 g/mol. The summed E-state index contributed by atoms with van der Waals surface area (Å²) in [6.45, 7) is 13.0. The van der Waals surface area contributed by atoms with Crippen LogP contribution in [-0.2, 0) is 11.3 Å². The highest BCUT2D eigenvalue weighted by Crippen LogP contribution is 2.32. The number of rotatable bonds is 6. The number of likely N-dealkylation sites (tertiary alicyclic amines) is 1. The number of nitrogens with zero attached hydrogens (tertiary/aromatic N) is 4. The predicted octanol–water partition coefficient (Wildman–Crippen LogP) is 4.60. The Morgan fingerprint density at radius 1 is 1.31 bits per heavy atom. The highest BCUT2D eigenvalue weighted by Gasteiger charge is 2.35. The van der Waals surface area contributed by atoms with Crippen molar-refractivity contribution in [1.29, 1.82) is 0 Å². The molecule has 1 aliphatic carbocycles. The summed E-state index contributed by atoms with van der Waals surface area (Å²) >= 11 is 0. The Morgan fingerprint density at radius 2 is 1.97 bits per heavy atom. The molecule has 182 valence electrons. The van der Waals surface area contributed by atoms with Crippen LogP contribution in [0.3, 0.4) is 0 Å². The maximum atomic E-state index is 12.8. The number of nitrogens with one attached hydrogen (secondary N) is 1. The molecule has 8 nitrogen and oxygen atoms in total. The summed E-state index contributed by atoms with van der Waals surface area (Å²) < 4.78 is 11.1. The largest absolute Gasteiger partial charge is 0.444 e. The molecule has 1 aromatic heterocycles. The lowest BCUT2D eigenvalue weighted by molar-refractivity contribution is 0.00927. The molecule has 2 aliphatic rings. The normalized spacial score (nSPS) is 17.8. The van der Waals surface area contributed by atoms with Gasteiger partial charge in [-0.2, -0.15) is 0 Å². The first-order valence-corrected chi connectivity index (χ1v) is 11.6. The Hall–Kier alpha value is -1.52. The average Bonchev–Trinajstić information content (AvgIpc) is 3.40. The van der Waals surface area contributed by atoms with Crippen molar-refractivity contribution in [2.75, 3.05) is 26.7 Å². The second-order valence-corrected chi connectivity index (χ2v) is 10.1. The summed E-state index contributed by atoms with van der Waals surface area (Å²) in [5, 5.41) is 7.50. The standard InChI is InChI=1S/C23H39N5O3.HI/c1-16(2)20-13-19(31-26-20)14-25-21(24-6)27-11-9-18(10-12-27)28(15-17-7-8-17)22(29)30-23(3,4)5;/h13,16-18H,7-12,14-15H2,1-6H3,(H,24,25);1H. The molecule has 2 heterocycles. The fraction of sp³-hybridized carbons (Fsp3) is 0.783. The Morgan fingerprint density at radius 3 is 2.47 bits per heavy atom. The number of aliphatic imine (C=N–C) groups is 1. The van der Waals surface area contributed by atoms with Gasteiger partial charge in [0.15, 0.2) is 11.7 Å². The Bertz CT molecular complexity index is 762. The minimum Gasteiger partial charge on any atom is -0.444 e. The molecule has 0 radical (unpaired) electrons. The molecule has 1 aliphatic heterocycles. The summed E-state index contributed by atoms with van der Waals surface area (Å²) in [4.78, 5) is 21.5. The van der Waals surface area contributed by atoms with Gasteiger partial charge in [0.25, 0.3) is 0 Å². The molecule has 1 saturated heterocycles. The SMILES string of the molecule is CN=C(NCc1cc(C(C)C)no1)N1CCC(N(CC2CC2)C(=O)OC(C)(C)C)CC1.I. The highest BCUT2D eigenvalue weighted by molar-refractivity contribution is 14.0. The molecule has 3 rings (SSSR count). The van der Waals surface area contributed by atoms with E-state index < -0.39 is 5.60 Å². The van der Waals surface area contributed by atoms with Crippen molar-refractivity contribution in [2.24, 2.45) is 10.9 Å². The van der Waals surface area contributed by atoms with Gasteiger partial charge in [-0.1, -0.05) is 19.0 Å². The zero-order valence-electron chi connectivity index (χ0n) is 20.4. The molecule has 2 fully saturated rings. The number of halogens is 1. The van der Waals surface area contributed by atoms with E-state index >= 15 is 0 Å². The third-order valence-corrected chi connectivity index (χ3v) is 5.79. The molecule has 32 heavy (non-hydrogen) atoms. The lowest BCUT2D eigenvalue weighted by atomic mass is 10.0. The summed E-state index contributed by atoms with van der Waals surface area (Å²) in [6, 6.07) is 2.21. The van der Waals surface area contributed by atoms with Crippen molar-refractivity contribution in [3.05, 3.63) is 17.5 Å². The van der Waals surface area contributed by atoms with Crippen molar-refractivity contribution in [1.82, 2.24) is 20.3 Å². The summed E-state index contributed by atoms with van der Waals surface area (Å²) in [5.41, 5.74) is 0.493. The fourth-order valence-corrected chi connectivity index (χ4v) is 3.84. The van der Waals surface area contributed by atoms with Gasteiger partial charge in [-0.3, -0.25) is 4.99 Å². The first kappa shape index (κ1) is 26.7. The van der Waals surface area contributed by atoms with Gasteiger partial charge in [-0.25, -0.2) is 4.79 Å². The van der Waals surface area contributed by atoms with Crippen LogP contribution in [0.1, 0.15) is 77.7 Å². The molecular weight excluding hydrogens is 521 g/mol. The third-order valence-electron chi connectivity index (χ3n) is 5.79. The molecule has 0 bridgehead atoms. The molecule has 1 N–H and O–H groups in total. The van der Waals surface area contributed by atoms with Crippen molar-refractivity contribution < 1.29 is 14.1 Å². The van der Waals surface area contributed by atoms with Crippen LogP contribution in [0.25, 0.3) is 0 Å². The monoisotopic (exact) mass is 561 g/mol. The number of carbonyl (C=O) groups excluding carboxylic acids is 1. The van der Waals surface area contributed by atoms with Gasteiger partial charge in [-0.15, -0.1) is 24.0 Å². The van der Waals surface area contributed by atoms with Gasteiger partial charge in [-0.05, 0) is 58.3 Å². The Balaban J connectivity index is 0.00000363. The van der Waals surface area contributed by atoms with Crippen molar-refractivity contribution in [3.8, 4) is 0 Å². The van der Waals surface area contributed by atoms with E-state index in [0.29, 0.717) is 18.4 Å². The zero-order chi connectivity index (χ0) is 22.6. The number of ether oxygens (including phenoxy) is 1. The van der Waals surface area contributed by atoms with E-state index in [2.05, 4.69) is 34.2 Å².